The first-order chi connectivity index (χ1) is 11.6. The van der Waals surface area contributed by atoms with Crippen molar-refractivity contribution in [3.63, 3.8) is 0 Å². The highest BCUT2D eigenvalue weighted by Gasteiger charge is 2.22. The zero-order valence-corrected chi connectivity index (χ0v) is 14.9. The van der Waals surface area contributed by atoms with E-state index in [-0.39, 0.29) is 11.7 Å². The van der Waals surface area contributed by atoms with Gasteiger partial charge in [0.1, 0.15) is 11.6 Å². The molecule has 0 unspecified atom stereocenters. The molecular weight excluding hydrogens is 375 g/mol. The Kier molecular flexibility index (Phi) is 5.04. The van der Waals surface area contributed by atoms with E-state index in [1.165, 1.54) is 11.6 Å². The van der Waals surface area contributed by atoms with Gasteiger partial charge < -0.3 is 15.0 Å². The number of benzene rings is 2. The van der Waals surface area contributed by atoms with Crippen molar-refractivity contribution in [3.05, 3.63) is 57.8 Å². The minimum atomic E-state index is -0.464. The summed E-state index contributed by atoms with van der Waals surface area (Å²) in [5.74, 6) is 0.339. The molecule has 0 bridgehead atoms. The number of fused-ring (bicyclic) bond motifs is 1. The van der Waals surface area contributed by atoms with Crippen LogP contribution in [0.1, 0.15) is 18.1 Å². The van der Waals surface area contributed by atoms with Gasteiger partial charge in [-0.2, -0.15) is 0 Å². The van der Waals surface area contributed by atoms with Gasteiger partial charge in [-0.15, -0.1) is 0 Å². The van der Waals surface area contributed by atoms with Gasteiger partial charge in [0.2, 0.25) is 0 Å². The van der Waals surface area contributed by atoms with E-state index in [0.29, 0.717) is 24.2 Å². The number of hydrogen-bond donors (Lipinski definition) is 1. The fraction of sp³-hybridized carbons (Fsp3) is 0.278. The average molecular weight is 393 g/mol. The molecule has 2 amide bonds. The average Bonchev–Trinajstić information content (AvgIpc) is 2.57. The molecule has 126 valence electrons. The van der Waals surface area contributed by atoms with E-state index in [4.69, 9.17) is 4.74 Å². The molecule has 0 saturated carbocycles. The predicted molar refractivity (Wildman–Crippen MR) is 94.8 cm³/mol. The third-order valence-corrected chi connectivity index (χ3v) is 4.45. The second-order valence-electron chi connectivity index (χ2n) is 5.59. The molecule has 6 heteroatoms. The molecule has 0 aromatic heterocycles. The summed E-state index contributed by atoms with van der Waals surface area (Å²) in [6.07, 6.45) is 0.776. The van der Waals surface area contributed by atoms with Crippen LogP contribution in [-0.2, 0) is 13.0 Å². The normalized spacial score (nSPS) is 13.4. The molecule has 3 rings (SSSR count). The van der Waals surface area contributed by atoms with Crippen LogP contribution in [0.5, 0.6) is 5.75 Å². The molecule has 2 aromatic rings. The van der Waals surface area contributed by atoms with E-state index >= 15 is 0 Å². The number of urea groups is 1. The Balaban J connectivity index is 1.72. The number of nitrogens with one attached hydrogen (secondary N) is 1. The lowest BCUT2D eigenvalue weighted by molar-refractivity contribution is 0.206. The van der Waals surface area contributed by atoms with Gasteiger partial charge in [0.15, 0.2) is 0 Å². The van der Waals surface area contributed by atoms with Gasteiger partial charge in [0, 0.05) is 17.6 Å². The Morgan fingerprint density at radius 1 is 1.29 bits per heavy atom. The summed E-state index contributed by atoms with van der Waals surface area (Å²) in [4.78, 5) is 14.1. The van der Waals surface area contributed by atoms with Crippen molar-refractivity contribution in [2.45, 2.75) is 19.9 Å². The van der Waals surface area contributed by atoms with Crippen LogP contribution in [0.15, 0.2) is 40.9 Å². The van der Waals surface area contributed by atoms with Crippen LogP contribution < -0.4 is 10.1 Å². The lowest BCUT2D eigenvalue weighted by Gasteiger charge is -2.29. The number of nitrogens with zero attached hydrogens (tertiary/aromatic N) is 1. The van der Waals surface area contributed by atoms with Gasteiger partial charge in [-0.1, -0.05) is 22.0 Å². The van der Waals surface area contributed by atoms with Gasteiger partial charge in [-0.05, 0) is 54.8 Å². The van der Waals surface area contributed by atoms with E-state index in [9.17, 15) is 9.18 Å². The predicted octanol–water partition coefficient (Wildman–Crippen LogP) is 4.58. The maximum absolute atomic E-state index is 13.9. The number of hydrogen-bond acceptors (Lipinski definition) is 2. The third kappa shape index (κ3) is 3.70. The van der Waals surface area contributed by atoms with Gasteiger partial charge in [0.25, 0.3) is 0 Å². The maximum Gasteiger partial charge on any atom is 0.322 e. The molecule has 0 fully saturated rings. The van der Waals surface area contributed by atoms with E-state index in [1.807, 2.05) is 25.1 Å². The minimum absolute atomic E-state index is 0.178. The molecule has 1 aliphatic heterocycles. The van der Waals surface area contributed by atoms with Crippen LogP contribution in [0.25, 0.3) is 0 Å². The first kappa shape index (κ1) is 16.8. The summed E-state index contributed by atoms with van der Waals surface area (Å²) in [5, 5.41) is 2.64. The molecule has 0 atom stereocenters. The number of anilines is 1. The molecule has 0 spiro atoms. The van der Waals surface area contributed by atoms with Crippen molar-refractivity contribution in [1.82, 2.24) is 4.90 Å². The topological polar surface area (TPSA) is 41.6 Å². The molecule has 1 aliphatic rings. The van der Waals surface area contributed by atoms with Crippen molar-refractivity contribution in [1.29, 1.82) is 0 Å². The first-order valence-corrected chi connectivity index (χ1v) is 8.61. The quantitative estimate of drug-likeness (QED) is 0.830. The Hall–Kier alpha value is -2.08. The molecular formula is C18H18BrFN2O2. The first-order valence-electron chi connectivity index (χ1n) is 7.82. The molecule has 4 nitrogen and oxygen atoms in total. The zero-order chi connectivity index (χ0) is 17.1. The summed E-state index contributed by atoms with van der Waals surface area (Å²) in [5.41, 5.74) is 2.47. The van der Waals surface area contributed by atoms with Crippen LogP contribution in [0.2, 0.25) is 0 Å². The minimum Gasteiger partial charge on any atom is -0.494 e. The van der Waals surface area contributed by atoms with Gasteiger partial charge in [-0.3, -0.25) is 0 Å². The van der Waals surface area contributed by atoms with E-state index in [2.05, 4.69) is 21.2 Å². The van der Waals surface area contributed by atoms with E-state index < -0.39 is 5.82 Å². The lowest BCUT2D eigenvalue weighted by Crippen LogP contribution is -2.39. The second kappa shape index (κ2) is 7.21. The molecule has 0 aliphatic carbocycles. The molecule has 0 radical (unpaired) electrons. The summed E-state index contributed by atoms with van der Waals surface area (Å²) in [6.45, 7) is 3.63. The number of carbonyl (C=O) groups is 1. The highest BCUT2D eigenvalue weighted by Crippen LogP contribution is 2.25. The van der Waals surface area contributed by atoms with Gasteiger partial charge in [-0.25, -0.2) is 9.18 Å². The van der Waals surface area contributed by atoms with Crippen molar-refractivity contribution in [3.8, 4) is 5.75 Å². The fourth-order valence-corrected chi connectivity index (χ4v) is 3.08. The van der Waals surface area contributed by atoms with Crippen LogP contribution in [0.4, 0.5) is 14.9 Å². The number of carbonyl (C=O) groups excluding carboxylic acids is 1. The molecule has 24 heavy (non-hydrogen) atoms. The summed E-state index contributed by atoms with van der Waals surface area (Å²) < 4.78 is 20.0. The highest BCUT2D eigenvalue weighted by atomic mass is 79.9. The van der Waals surface area contributed by atoms with E-state index in [1.54, 1.807) is 17.0 Å². The Bertz CT molecular complexity index is 767. The van der Waals surface area contributed by atoms with Gasteiger partial charge >= 0.3 is 6.03 Å². The standard InChI is InChI=1S/C18H18BrFN2O2/c1-2-24-15-5-3-12-7-8-22(11-13(12)9-15)18(23)21-17-6-4-14(19)10-16(17)20/h3-6,9-10H,2,7-8,11H2,1H3,(H,21,23). The van der Waals surface area contributed by atoms with Crippen molar-refractivity contribution in [2.24, 2.45) is 0 Å². The second-order valence-corrected chi connectivity index (χ2v) is 6.51. The molecule has 1 N–H and O–H groups in total. The zero-order valence-electron chi connectivity index (χ0n) is 13.3. The van der Waals surface area contributed by atoms with Crippen molar-refractivity contribution in [2.75, 3.05) is 18.5 Å². The molecule has 0 saturated heterocycles. The Morgan fingerprint density at radius 2 is 2.12 bits per heavy atom. The monoisotopic (exact) mass is 392 g/mol. The Morgan fingerprint density at radius 3 is 2.88 bits per heavy atom. The SMILES string of the molecule is CCOc1ccc2c(c1)CN(C(=O)Nc1ccc(Br)cc1F)CC2. The number of amides is 2. The van der Waals surface area contributed by atoms with Crippen LogP contribution in [0, 0.1) is 5.82 Å². The summed E-state index contributed by atoms with van der Waals surface area (Å²) in [6, 6.07) is 10.2. The van der Waals surface area contributed by atoms with Crippen LogP contribution in [0.3, 0.4) is 0 Å². The molecule has 1 heterocycles. The number of halogens is 2. The molecule has 2 aromatic carbocycles. The number of rotatable bonds is 3. The number of ether oxygens (including phenoxy) is 1. The van der Waals surface area contributed by atoms with Crippen LogP contribution in [-0.4, -0.2) is 24.1 Å². The highest BCUT2D eigenvalue weighted by molar-refractivity contribution is 9.10. The summed E-state index contributed by atoms with van der Waals surface area (Å²) >= 11 is 3.20. The smallest absolute Gasteiger partial charge is 0.322 e. The summed E-state index contributed by atoms with van der Waals surface area (Å²) in [7, 11) is 0. The third-order valence-electron chi connectivity index (χ3n) is 3.96. The van der Waals surface area contributed by atoms with Crippen molar-refractivity contribution >= 4 is 27.6 Å². The Labute approximate surface area is 148 Å². The van der Waals surface area contributed by atoms with Crippen molar-refractivity contribution < 1.29 is 13.9 Å². The lowest BCUT2D eigenvalue weighted by atomic mass is 10.00. The van der Waals surface area contributed by atoms with Gasteiger partial charge in [0.05, 0.1) is 12.3 Å². The largest absolute Gasteiger partial charge is 0.494 e. The fourth-order valence-electron chi connectivity index (χ4n) is 2.75. The maximum atomic E-state index is 13.9. The van der Waals surface area contributed by atoms with Crippen LogP contribution >= 0.6 is 15.9 Å². The van der Waals surface area contributed by atoms with E-state index in [0.717, 1.165) is 17.7 Å².